The number of carbonyl (C=O) groups is 1. The Morgan fingerprint density at radius 3 is 2.56 bits per heavy atom. The van der Waals surface area contributed by atoms with E-state index in [9.17, 15) is 15.0 Å². The minimum Gasteiger partial charge on any atom is -0.504 e. The minimum absolute atomic E-state index is 0.123. The number of likely N-dealkylation sites (tertiary alicyclic amines) is 1. The second kappa shape index (κ2) is 5.27. The third kappa shape index (κ3) is 2.41. The van der Waals surface area contributed by atoms with Crippen LogP contribution in [0.1, 0.15) is 23.2 Å². The first-order valence-corrected chi connectivity index (χ1v) is 6.04. The van der Waals surface area contributed by atoms with Crippen molar-refractivity contribution in [2.75, 3.05) is 19.7 Å². The molecule has 0 radical (unpaired) electrons. The lowest BCUT2D eigenvalue weighted by Gasteiger charge is -2.31. The van der Waals surface area contributed by atoms with Crippen LogP contribution in [0.5, 0.6) is 11.5 Å². The van der Waals surface area contributed by atoms with Crippen LogP contribution in [0.25, 0.3) is 0 Å². The molecule has 1 fully saturated rings. The molecule has 1 aromatic carbocycles. The smallest absolute Gasteiger partial charge is 0.257 e. The Labute approximate surface area is 105 Å². The fourth-order valence-electron chi connectivity index (χ4n) is 2.19. The highest BCUT2D eigenvalue weighted by Gasteiger charge is 2.25. The van der Waals surface area contributed by atoms with Crippen molar-refractivity contribution in [3.8, 4) is 11.5 Å². The van der Waals surface area contributed by atoms with Crippen LogP contribution < -0.4 is 0 Å². The molecular formula is C13H17NO4. The summed E-state index contributed by atoms with van der Waals surface area (Å²) in [5, 5.41) is 28.1. The average Bonchev–Trinajstić information content (AvgIpc) is 2.41. The van der Waals surface area contributed by atoms with Gasteiger partial charge in [-0.1, -0.05) is 6.07 Å². The van der Waals surface area contributed by atoms with Gasteiger partial charge in [0.15, 0.2) is 11.5 Å². The molecule has 5 nitrogen and oxygen atoms in total. The predicted octanol–water partition coefficient (Wildman–Crippen LogP) is 0.942. The van der Waals surface area contributed by atoms with Gasteiger partial charge in [-0.05, 0) is 30.9 Å². The predicted molar refractivity (Wildman–Crippen MR) is 65.5 cm³/mol. The summed E-state index contributed by atoms with van der Waals surface area (Å²) in [4.78, 5) is 13.8. The van der Waals surface area contributed by atoms with Crippen LogP contribution >= 0.6 is 0 Å². The maximum absolute atomic E-state index is 12.2. The number of para-hydroxylation sites is 1. The molecule has 0 spiro atoms. The Morgan fingerprint density at radius 1 is 1.28 bits per heavy atom. The first kappa shape index (κ1) is 12.7. The molecule has 0 aromatic heterocycles. The van der Waals surface area contributed by atoms with Crippen LogP contribution in [-0.4, -0.2) is 45.8 Å². The number of aliphatic hydroxyl groups excluding tert-OH is 1. The van der Waals surface area contributed by atoms with E-state index in [2.05, 4.69) is 0 Å². The van der Waals surface area contributed by atoms with Crippen molar-refractivity contribution >= 4 is 5.91 Å². The Balaban J connectivity index is 2.10. The molecular weight excluding hydrogens is 234 g/mol. The van der Waals surface area contributed by atoms with E-state index >= 15 is 0 Å². The van der Waals surface area contributed by atoms with E-state index < -0.39 is 0 Å². The molecule has 0 bridgehead atoms. The second-order valence-electron chi connectivity index (χ2n) is 4.59. The molecule has 5 heteroatoms. The highest BCUT2D eigenvalue weighted by molar-refractivity contribution is 5.97. The number of hydrogen-bond donors (Lipinski definition) is 3. The summed E-state index contributed by atoms with van der Waals surface area (Å²) in [7, 11) is 0. The molecule has 0 atom stereocenters. The first-order chi connectivity index (χ1) is 8.63. The summed E-state index contributed by atoms with van der Waals surface area (Å²) in [5.41, 5.74) is 0.123. The normalized spacial score (nSPS) is 16.8. The average molecular weight is 251 g/mol. The van der Waals surface area contributed by atoms with Crippen LogP contribution in [0.2, 0.25) is 0 Å². The van der Waals surface area contributed by atoms with Crippen molar-refractivity contribution in [2.24, 2.45) is 5.92 Å². The zero-order valence-electron chi connectivity index (χ0n) is 10.0. The lowest BCUT2D eigenvalue weighted by molar-refractivity contribution is 0.0647. The Kier molecular flexibility index (Phi) is 3.72. The number of aliphatic hydroxyl groups is 1. The number of phenolic OH excluding ortho intramolecular Hbond substituents is 2. The van der Waals surface area contributed by atoms with E-state index in [0.29, 0.717) is 13.1 Å². The molecule has 0 saturated carbocycles. The molecule has 1 aliphatic heterocycles. The number of carbonyl (C=O) groups excluding carboxylic acids is 1. The van der Waals surface area contributed by atoms with Crippen molar-refractivity contribution in [1.82, 2.24) is 4.90 Å². The zero-order chi connectivity index (χ0) is 13.1. The molecule has 98 valence electrons. The molecule has 2 rings (SSSR count). The van der Waals surface area contributed by atoms with Gasteiger partial charge in [0, 0.05) is 19.7 Å². The number of benzene rings is 1. The fraction of sp³-hybridized carbons (Fsp3) is 0.462. The van der Waals surface area contributed by atoms with Crippen LogP contribution in [-0.2, 0) is 0 Å². The van der Waals surface area contributed by atoms with Crippen molar-refractivity contribution in [3.05, 3.63) is 23.8 Å². The van der Waals surface area contributed by atoms with Gasteiger partial charge < -0.3 is 20.2 Å². The molecule has 18 heavy (non-hydrogen) atoms. The number of aromatic hydroxyl groups is 2. The zero-order valence-corrected chi connectivity index (χ0v) is 10.0. The van der Waals surface area contributed by atoms with Gasteiger partial charge in [-0.25, -0.2) is 0 Å². The Morgan fingerprint density at radius 2 is 1.94 bits per heavy atom. The topological polar surface area (TPSA) is 81.0 Å². The fourth-order valence-corrected chi connectivity index (χ4v) is 2.19. The number of nitrogens with zero attached hydrogens (tertiary/aromatic N) is 1. The van der Waals surface area contributed by atoms with Gasteiger partial charge in [0.2, 0.25) is 0 Å². The number of phenols is 2. The lowest BCUT2D eigenvalue weighted by Crippen LogP contribution is -2.39. The number of amides is 1. The summed E-state index contributed by atoms with van der Waals surface area (Å²) in [5.74, 6) is -0.676. The van der Waals surface area contributed by atoms with E-state index in [0.717, 1.165) is 12.8 Å². The van der Waals surface area contributed by atoms with E-state index in [1.165, 1.54) is 18.2 Å². The quantitative estimate of drug-likeness (QED) is 0.683. The van der Waals surface area contributed by atoms with Crippen LogP contribution in [0, 0.1) is 5.92 Å². The maximum atomic E-state index is 12.2. The largest absolute Gasteiger partial charge is 0.504 e. The molecule has 1 aliphatic rings. The van der Waals surface area contributed by atoms with E-state index in [1.54, 1.807) is 4.90 Å². The standard InChI is InChI=1S/C13H17NO4/c15-8-9-4-6-14(7-5-9)13(18)10-2-1-3-11(16)12(10)17/h1-3,9,15-17H,4-8H2. The van der Waals surface area contributed by atoms with E-state index in [4.69, 9.17) is 5.11 Å². The van der Waals surface area contributed by atoms with Crippen molar-refractivity contribution in [1.29, 1.82) is 0 Å². The van der Waals surface area contributed by atoms with Crippen molar-refractivity contribution in [3.63, 3.8) is 0 Å². The SMILES string of the molecule is O=C(c1cccc(O)c1O)N1CCC(CO)CC1. The van der Waals surface area contributed by atoms with Crippen LogP contribution in [0.4, 0.5) is 0 Å². The van der Waals surface area contributed by atoms with Gasteiger partial charge in [-0.3, -0.25) is 4.79 Å². The summed E-state index contributed by atoms with van der Waals surface area (Å²) in [6.45, 7) is 1.29. The molecule has 3 N–H and O–H groups in total. The van der Waals surface area contributed by atoms with Gasteiger partial charge in [0.25, 0.3) is 5.91 Å². The van der Waals surface area contributed by atoms with Gasteiger partial charge in [0.1, 0.15) is 0 Å². The van der Waals surface area contributed by atoms with E-state index in [-0.39, 0.29) is 35.5 Å². The van der Waals surface area contributed by atoms with Crippen LogP contribution in [0.3, 0.4) is 0 Å². The summed E-state index contributed by atoms with van der Waals surface area (Å²) in [6.07, 6.45) is 1.53. The van der Waals surface area contributed by atoms with Gasteiger partial charge in [0.05, 0.1) is 5.56 Å². The molecule has 0 aliphatic carbocycles. The van der Waals surface area contributed by atoms with Crippen molar-refractivity contribution in [2.45, 2.75) is 12.8 Å². The number of hydrogen-bond acceptors (Lipinski definition) is 4. The van der Waals surface area contributed by atoms with E-state index in [1.807, 2.05) is 0 Å². The summed E-state index contributed by atoms with van der Waals surface area (Å²) in [6, 6.07) is 4.36. The maximum Gasteiger partial charge on any atom is 0.257 e. The molecule has 1 heterocycles. The Bertz CT molecular complexity index is 439. The van der Waals surface area contributed by atoms with Crippen molar-refractivity contribution < 1.29 is 20.1 Å². The summed E-state index contributed by atoms with van der Waals surface area (Å²) < 4.78 is 0. The first-order valence-electron chi connectivity index (χ1n) is 6.04. The van der Waals surface area contributed by atoms with Crippen LogP contribution in [0.15, 0.2) is 18.2 Å². The highest BCUT2D eigenvalue weighted by atomic mass is 16.3. The molecule has 1 amide bonds. The number of piperidine rings is 1. The third-order valence-electron chi connectivity index (χ3n) is 3.41. The Hall–Kier alpha value is -1.75. The van der Waals surface area contributed by atoms with Gasteiger partial charge >= 0.3 is 0 Å². The second-order valence-corrected chi connectivity index (χ2v) is 4.59. The molecule has 1 aromatic rings. The number of rotatable bonds is 2. The van der Waals surface area contributed by atoms with Gasteiger partial charge in [-0.2, -0.15) is 0 Å². The van der Waals surface area contributed by atoms with Gasteiger partial charge in [-0.15, -0.1) is 0 Å². The molecule has 0 unspecified atom stereocenters. The minimum atomic E-state index is -0.369. The third-order valence-corrected chi connectivity index (χ3v) is 3.41. The summed E-state index contributed by atoms with van der Waals surface area (Å²) >= 11 is 0. The monoisotopic (exact) mass is 251 g/mol. The lowest BCUT2D eigenvalue weighted by atomic mass is 9.97. The highest BCUT2D eigenvalue weighted by Crippen LogP contribution is 2.30. The molecule has 1 saturated heterocycles.